The number of rotatable bonds is 11. The molecule has 2 rings (SSSR count). The molecule has 0 aromatic carbocycles. The van der Waals surface area contributed by atoms with Crippen molar-refractivity contribution in [1.29, 1.82) is 0 Å². The first-order chi connectivity index (χ1) is 15.2. The Labute approximate surface area is 200 Å². The van der Waals surface area contributed by atoms with Crippen molar-refractivity contribution < 1.29 is 28.1 Å². The lowest BCUT2D eigenvalue weighted by atomic mass is 10.8. The smallest absolute Gasteiger partial charge is 0.330 e. The third-order valence-corrected chi connectivity index (χ3v) is 4.80. The molecule has 20 heteroatoms. The minimum Gasteiger partial charge on any atom is -0.330 e. The number of hydrogen-bond donors (Lipinski definition) is 4. The SMILES string of the molecule is CN(C)OOSc1nsc(NNC(=O)N(C)C)n1.COOSc1nsc(NNC(C)=O)n1. The summed E-state index contributed by atoms with van der Waals surface area (Å²) in [6.07, 6.45) is 0. The molecule has 0 aliphatic heterocycles. The standard InChI is InChI=1S/C7H14N6O3S2.C5H8N4O3S2/c1-12(2)7(14)10-9-5-8-6(11-17-5)18-16-15-13(3)4;1-3(10)7-8-4-6-5(9-13-4)14-12-11-2/h1-4H3,(H,10,14)(H,8,9,11);1-2H3,(H,7,10)(H,6,8,9). The molecule has 0 fully saturated rings. The van der Waals surface area contributed by atoms with Crippen molar-refractivity contribution in [3.63, 3.8) is 0 Å². The van der Waals surface area contributed by atoms with Crippen LogP contribution in [0.2, 0.25) is 0 Å². The molecule has 3 amide bonds. The molecule has 180 valence electrons. The molecule has 2 aromatic rings. The summed E-state index contributed by atoms with van der Waals surface area (Å²) in [4.78, 5) is 40.2. The van der Waals surface area contributed by atoms with Gasteiger partial charge in [0.15, 0.2) is 0 Å². The van der Waals surface area contributed by atoms with E-state index in [1.54, 1.807) is 28.2 Å². The van der Waals surface area contributed by atoms with Crippen LogP contribution in [-0.4, -0.2) is 75.9 Å². The van der Waals surface area contributed by atoms with E-state index in [0.29, 0.717) is 20.6 Å². The molecule has 2 heterocycles. The van der Waals surface area contributed by atoms with Crippen LogP contribution < -0.4 is 21.7 Å². The Morgan fingerprint density at radius 2 is 1.44 bits per heavy atom. The van der Waals surface area contributed by atoms with E-state index >= 15 is 0 Å². The van der Waals surface area contributed by atoms with Crippen LogP contribution in [0.3, 0.4) is 0 Å². The first-order valence-electron chi connectivity index (χ1n) is 8.20. The van der Waals surface area contributed by atoms with Crippen LogP contribution in [0.15, 0.2) is 10.3 Å². The molecule has 0 radical (unpaired) electrons. The van der Waals surface area contributed by atoms with Crippen molar-refractivity contribution in [3.05, 3.63) is 0 Å². The average Bonchev–Trinajstić information content (AvgIpc) is 3.38. The second-order valence-electron chi connectivity index (χ2n) is 5.38. The summed E-state index contributed by atoms with van der Waals surface area (Å²) in [6.45, 7) is 1.39. The van der Waals surface area contributed by atoms with Crippen LogP contribution in [0.4, 0.5) is 15.1 Å². The molecular formula is C12H22N10O6S4. The Hall–Kier alpha value is -2.04. The third-order valence-electron chi connectivity index (χ3n) is 2.31. The highest BCUT2D eigenvalue weighted by molar-refractivity contribution is 7.94. The molecule has 2 aromatic heterocycles. The number of amides is 3. The van der Waals surface area contributed by atoms with Gasteiger partial charge in [0.2, 0.25) is 26.5 Å². The Balaban J connectivity index is 0.000000330. The van der Waals surface area contributed by atoms with E-state index in [0.717, 1.165) is 47.2 Å². The molecule has 32 heavy (non-hydrogen) atoms. The van der Waals surface area contributed by atoms with Gasteiger partial charge in [-0.25, -0.2) is 15.1 Å². The number of hydrogen-bond acceptors (Lipinski definition) is 17. The molecule has 0 unspecified atom stereocenters. The summed E-state index contributed by atoms with van der Waals surface area (Å²) in [5, 5.41) is 3.09. The van der Waals surface area contributed by atoms with Crippen LogP contribution in [-0.2, 0) is 23.3 Å². The van der Waals surface area contributed by atoms with E-state index in [4.69, 9.17) is 9.32 Å². The fourth-order valence-electron chi connectivity index (χ4n) is 1.12. The van der Waals surface area contributed by atoms with Crippen LogP contribution in [0.5, 0.6) is 0 Å². The van der Waals surface area contributed by atoms with Crippen LogP contribution in [0.1, 0.15) is 6.92 Å². The largest absolute Gasteiger partial charge is 0.335 e. The third kappa shape index (κ3) is 12.7. The molecule has 0 aliphatic rings. The highest BCUT2D eigenvalue weighted by atomic mass is 32.2. The molecule has 0 saturated heterocycles. The maximum absolute atomic E-state index is 11.2. The fraction of sp³-hybridized carbons (Fsp3) is 0.500. The summed E-state index contributed by atoms with van der Waals surface area (Å²) in [7, 11) is 8.00. The lowest BCUT2D eigenvalue weighted by molar-refractivity contribution is -0.340. The van der Waals surface area contributed by atoms with Gasteiger partial charge in [-0.1, -0.05) is 0 Å². The highest BCUT2D eigenvalue weighted by Crippen LogP contribution is 2.21. The molecule has 0 atom stereocenters. The summed E-state index contributed by atoms with van der Waals surface area (Å²) < 4.78 is 17.2. The number of urea groups is 1. The van der Waals surface area contributed by atoms with E-state index in [9.17, 15) is 9.59 Å². The normalized spacial score (nSPS) is 10.2. The van der Waals surface area contributed by atoms with Gasteiger partial charge in [-0.15, -0.1) is 9.32 Å². The van der Waals surface area contributed by atoms with E-state index in [-0.39, 0.29) is 11.9 Å². The van der Waals surface area contributed by atoms with Gasteiger partial charge in [-0.05, 0) is 0 Å². The van der Waals surface area contributed by atoms with Gasteiger partial charge in [0, 0.05) is 58.2 Å². The maximum Gasteiger partial charge on any atom is 0.335 e. The Morgan fingerprint density at radius 1 is 0.906 bits per heavy atom. The van der Waals surface area contributed by atoms with Crippen LogP contribution in [0.25, 0.3) is 0 Å². The summed E-state index contributed by atoms with van der Waals surface area (Å²) in [5.74, 6) is -0.206. The number of hydrazine groups is 2. The summed E-state index contributed by atoms with van der Waals surface area (Å²) >= 11 is 3.95. The molecule has 0 saturated carbocycles. The van der Waals surface area contributed by atoms with Crippen molar-refractivity contribution in [1.82, 2.24) is 39.5 Å². The molecule has 0 aliphatic carbocycles. The second-order valence-corrected chi connectivity index (χ2v) is 8.22. The molecule has 0 bridgehead atoms. The molecule has 4 N–H and O–H groups in total. The number of aromatic nitrogens is 4. The van der Waals surface area contributed by atoms with Crippen molar-refractivity contribution >= 4 is 69.4 Å². The lowest BCUT2D eigenvalue weighted by Crippen LogP contribution is -2.38. The number of nitrogens with one attached hydrogen (secondary N) is 4. The van der Waals surface area contributed by atoms with Gasteiger partial charge < -0.3 is 4.90 Å². The van der Waals surface area contributed by atoms with Crippen molar-refractivity contribution in [2.75, 3.05) is 46.2 Å². The van der Waals surface area contributed by atoms with Gasteiger partial charge in [0.05, 0.1) is 7.11 Å². The number of hydroxylamine groups is 2. The predicted octanol–water partition coefficient (Wildman–Crippen LogP) is 1.15. The maximum atomic E-state index is 11.2. The highest BCUT2D eigenvalue weighted by Gasteiger charge is 2.08. The Kier molecular flexibility index (Phi) is 13.7. The summed E-state index contributed by atoms with van der Waals surface area (Å²) in [5.41, 5.74) is 10.0. The van der Waals surface area contributed by atoms with Gasteiger partial charge in [-0.2, -0.15) is 28.1 Å². The molecule has 16 nitrogen and oxygen atoms in total. The van der Waals surface area contributed by atoms with Gasteiger partial charge in [0.1, 0.15) is 24.1 Å². The van der Waals surface area contributed by atoms with E-state index in [1.165, 1.54) is 24.0 Å². The van der Waals surface area contributed by atoms with Crippen molar-refractivity contribution in [3.8, 4) is 0 Å². The van der Waals surface area contributed by atoms with Gasteiger partial charge in [-0.3, -0.25) is 21.1 Å². The van der Waals surface area contributed by atoms with Gasteiger partial charge in [0.25, 0.3) is 0 Å². The number of carbonyl (C=O) groups excluding carboxylic acids is 2. The Morgan fingerprint density at radius 3 is 1.91 bits per heavy atom. The first kappa shape index (κ1) is 28.0. The van der Waals surface area contributed by atoms with E-state index in [1.807, 2.05) is 0 Å². The fourth-order valence-corrected chi connectivity index (χ4v) is 3.16. The van der Waals surface area contributed by atoms with Gasteiger partial charge >= 0.3 is 6.03 Å². The minimum absolute atomic E-state index is 0.206. The van der Waals surface area contributed by atoms with E-state index < -0.39 is 0 Å². The number of carbonyl (C=O) groups is 2. The Bertz CT molecular complexity index is 822. The van der Waals surface area contributed by atoms with Crippen molar-refractivity contribution in [2.24, 2.45) is 0 Å². The van der Waals surface area contributed by atoms with Crippen LogP contribution >= 0.6 is 47.2 Å². The molecule has 0 spiro atoms. The topological polar surface area (TPSA) is 177 Å². The minimum atomic E-state index is -0.286. The second kappa shape index (κ2) is 15.7. The zero-order chi connectivity index (χ0) is 23.9. The lowest BCUT2D eigenvalue weighted by Gasteiger charge is -2.11. The van der Waals surface area contributed by atoms with Crippen molar-refractivity contribution in [2.45, 2.75) is 17.2 Å². The molecular weight excluding hydrogens is 508 g/mol. The van der Waals surface area contributed by atoms with Crippen LogP contribution in [0, 0.1) is 0 Å². The monoisotopic (exact) mass is 530 g/mol. The number of nitrogens with zero attached hydrogens (tertiary/aromatic N) is 6. The predicted molar refractivity (Wildman–Crippen MR) is 119 cm³/mol. The zero-order valence-electron chi connectivity index (χ0n) is 17.8. The zero-order valence-corrected chi connectivity index (χ0v) is 21.0. The average molecular weight is 531 g/mol. The quantitative estimate of drug-likeness (QED) is 0.185. The number of anilines is 2. The first-order valence-corrected chi connectivity index (χ1v) is 11.2. The summed E-state index contributed by atoms with van der Waals surface area (Å²) in [6, 6.07) is -0.286. The van der Waals surface area contributed by atoms with E-state index in [2.05, 4.69) is 49.6 Å².